The van der Waals surface area contributed by atoms with E-state index in [9.17, 15) is 22.4 Å². The highest BCUT2D eigenvalue weighted by atomic mass is 32.2. The number of nitrogens with zero attached hydrogens (tertiary/aromatic N) is 2. The first-order chi connectivity index (χ1) is 18.4. The van der Waals surface area contributed by atoms with Crippen LogP contribution in [0.15, 0.2) is 83.8 Å². The summed E-state index contributed by atoms with van der Waals surface area (Å²) in [6, 6.07) is 19.7. The second kappa shape index (κ2) is 12.9. The van der Waals surface area contributed by atoms with Gasteiger partial charge in [-0.2, -0.15) is 0 Å². The zero-order valence-electron chi connectivity index (χ0n) is 23.0. The number of hydrogen-bond acceptors (Lipinski definition) is 4. The molecule has 0 aliphatic rings. The summed E-state index contributed by atoms with van der Waals surface area (Å²) in [5.41, 5.74) is 1.54. The number of hydrogen-bond donors (Lipinski definition) is 1. The fourth-order valence-corrected chi connectivity index (χ4v) is 5.51. The van der Waals surface area contributed by atoms with Crippen molar-refractivity contribution in [3.8, 4) is 0 Å². The third kappa shape index (κ3) is 7.44. The molecule has 9 heteroatoms. The lowest BCUT2D eigenvalue weighted by Gasteiger charge is -2.32. The zero-order valence-corrected chi connectivity index (χ0v) is 23.8. The van der Waals surface area contributed by atoms with E-state index in [-0.39, 0.29) is 29.0 Å². The monoisotopic (exact) mass is 553 g/mol. The molecule has 0 aliphatic carbocycles. The van der Waals surface area contributed by atoms with Gasteiger partial charge >= 0.3 is 0 Å². The predicted molar refractivity (Wildman–Crippen MR) is 151 cm³/mol. The number of carbonyl (C=O) groups excluding carboxylic acids is 2. The van der Waals surface area contributed by atoms with Crippen molar-refractivity contribution in [3.63, 3.8) is 0 Å². The van der Waals surface area contributed by atoms with Gasteiger partial charge in [-0.05, 0) is 62.6 Å². The molecule has 0 unspecified atom stereocenters. The topological polar surface area (TPSA) is 86.8 Å². The Bertz CT molecular complexity index is 1380. The fourth-order valence-electron chi connectivity index (χ4n) is 4.07. The highest BCUT2D eigenvalue weighted by Gasteiger charge is 2.33. The van der Waals surface area contributed by atoms with Crippen LogP contribution in [0.2, 0.25) is 0 Å². The Labute approximate surface area is 230 Å². The maximum absolute atomic E-state index is 14.6. The van der Waals surface area contributed by atoms with E-state index in [4.69, 9.17) is 0 Å². The van der Waals surface area contributed by atoms with Crippen molar-refractivity contribution in [2.75, 3.05) is 10.8 Å². The molecule has 0 saturated heterocycles. The second-order valence-electron chi connectivity index (χ2n) is 10.0. The molecule has 2 amide bonds. The summed E-state index contributed by atoms with van der Waals surface area (Å²) in [7, 11) is -4.15. The predicted octanol–water partition coefficient (Wildman–Crippen LogP) is 5.09. The second-order valence-corrected chi connectivity index (χ2v) is 11.9. The van der Waals surface area contributed by atoms with Crippen LogP contribution in [0, 0.1) is 5.82 Å². The summed E-state index contributed by atoms with van der Waals surface area (Å²) >= 11 is 0. The van der Waals surface area contributed by atoms with Crippen LogP contribution in [0.5, 0.6) is 0 Å². The summed E-state index contributed by atoms with van der Waals surface area (Å²) in [6.07, 6.45) is 0. The largest absolute Gasteiger partial charge is 0.352 e. The number of nitrogens with one attached hydrogen (secondary N) is 1. The van der Waals surface area contributed by atoms with Crippen molar-refractivity contribution >= 4 is 27.5 Å². The van der Waals surface area contributed by atoms with E-state index in [1.54, 1.807) is 57.2 Å². The lowest BCUT2D eigenvalue weighted by molar-refractivity contribution is -0.139. The molecule has 0 radical (unpaired) electrons. The van der Waals surface area contributed by atoms with Crippen LogP contribution in [0.25, 0.3) is 0 Å². The van der Waals surface area contributed by atoms with Gasteiger partial charge in [-0.15, -0.1) is 0 Å². The smallest absolute Gasteiger partial charge is 0.264 e. The third-order valence-corrected chi connectivity index (χ3v) is 8.14. The van der Waals surface area contributed by atoms with Gasteiger partial charge in [0.2, 0.25) is 11.8 Å². The number of carbonyl (C=O) groups is 2. The lowest BCUT2D eigenvalue weighted by Crippen LogP contribution is -2.52. The number of sulfonamides is 1. The average Bonchev–Trinajstić information content (AvgIpc) is 2.90. The standard InChI is InChI=1S/C30H36FN3O4S/c1-21(2)24-15-17-26(18-16-24)34(39(37,38)27-12-7-6-8-13-27)20-29(35)33(23(5)30(36)32-22(3)4)19-25-11-9-10-14-28(25)31/h6-18,21-23H,19-20H2,1-5H3,(H,32,36)/t23-/m0/s1. The first-order valence-corrected chi connectivity index (χ1v) is 14.4. The van der Waals surface area contributed by atoms with E-state index in [0.717, 1.165) is 9.87 Å². The normalized spacial score (nSPS) is 12.3. The Kier molecular flexibility index (Phi) is 9.86. The van der Waals surface area contributed by atoms with E-state index in [1.807, 2.05) is 26.0 Å². The Morgan fingerprint density at radius 2 is 1.44 bits per heavy atom. The first-order valence-electron chi connectivity index (χ1n) is 12.9. The summed E-state index contributed by atoms with van der Waals surface area (Å²) < 4.78 is 43.2. The minimum Gasteiger partial charge on any atom is -0.352 e. The molecule has 208 valence electrons. The molecule has 3 aromatic carbocycles. The molecule has 7 nitrogen and oxygen atoms in total. The summed E-state index contributed by atoms with van der Waals surface area (Å²) in [5.74, 6) is -1.35. The van der Waals surface area contributed by atoms with Gasteiger partial charge in [-0.1, -0.05) is 62.4 Å². The lowest BCUT2D eigenvalue weighted by atomic mass is 10.0. The summed E-state index contributed by atoms with van der Waals surface area (Å²) in [5, 5.41) is 2.78. The van der Waals surface area contributed by atoms with Crippen molar-refractivity contribution < 1.29 is 22.4 Å². The Morgan fingerprint density at radius 3 is 2.00 bits per heavy atom. The summed E-state index contributed by atoms with van der Waals surface area (Å²) in [6.45, 7) is 8.41. The average molecular weight is 554 g/mol. The maximum atomic E-state index is 14.6. The number of rotatable bonds is 11. The van der Waals surface area contributed by atoms with Crippen molar-refractivity contribution in [1.29, 1.82) is 0 Å². The van der Waals surface area contributed by atoms with Gasteiger partial charge in [0.1, 0.15) is 18.4 Å². The molecule has 3 rings (SSSR count). The van der Waals surface area contributed by atoms with Gasteiger partial charge < -0.3 is 10.2 Å². The molecule has 0 saturated carbocycles. The molecule has 1 N–H and O–H groups in total. The highest BCUT2D eigenvalue weighted by molar-refractivity contribution is 7.92. The minimum atomic E-state index is -4.15. The van der Waals surface area contributed by atoms with Gasteiger partial charge in [-0.3, -0.25) is 13.9 Å². The minimum absolute atomic E-state index is 0.0250. The van der Waals surface area contributed by atoms with Crippen molar-refractivity contribution in [2.24, 2.45) is 0 Å². The number of halogens is 1. The zero-order chi connectivity index (χ0) is 28.7. The molecule has 0 bridgehead atoms. The number of anilines is 1. The van der Waals surface area contributed by atoms with Crippen LogP contribution in [0.1, 0.15) is 51.7 Å². The molecule has 3 aromatic rings. The molecule has 1 atom stereocenters. The molecule has 0 aliphatic heterocycles. The van der Waals surface area contributed by atoms with E-state index in [2.05, 4.69) is 5.32 Å². The van der Waals surface area contributed by atoms with Crippen LogP contribution in [0.3, 0.4) is 0 Å². The molecule has 0 aromatic heterocycles. The Morgan fingerprint density at radius 1 is 0.846 bits per heavy atom. The molecule has 0 heterocycles. The van der Waals surface area contributed by atoms with Crippen LogP contribution in [-0.4, -0.2) is 43.8 Å². The Balaban J connectivity index is 2.04. The van der Waals surface area contributed by atoms with Crippen molar-refractivity contribution in [2.45, 2.75) is 64.1 Å². The summed E-state index contributed by atoms with van der Waals surface area (Å²) in [4.78, 5) is 28.0. The number of benzene rings is 3. The van der Waals surface area contributed by atoms with Crippen molar-refractivity contribution in [1.82, 2.24) is 10.2 Å². The van der Waals surface area contributed by atoms with Crippen LogP contribution in [0.4, 0.5) is 10.1 Å². The Hall–Kier alpha value is -3.72. The van der Waals surface area contributed by atoms with Crippen molar-refractivity contribution in [3.05, 3.63) is 95.8 Å². The molecule has 39 heavy (non-hydrogen) atoms. The van der Waals surface area contributed by atoms with E-state index in [1.165, 1.54) is 35.2 Å². The number of amides is 2. The highest BCUT2D eigenvalue weighted by Crippen LogP contribution is 2.26. The van der Waals surface area contributed by atoms with Gasteiger partial charge in [0, 0.05) is 18.2 Å². The molecular formula is C30H36FN3O4S. The van der Waals surface area contributed by atoms with E-state index in [0.29, 0.717) is 5.69 Å². The molecule has 0 fully saturated rings. The van der Waals surface area contributed by atoms with E-state index < -0.39 is 40.2 Å². The molecular weight excluding hydrogens is 517 g/mol. The van der Waals surface area contributed by atoms with Gasteiger partial charge in [0.25, 0.3) is 10.0 Å². The van der Waals surface area contributed by atoms with Crippen LogP contribution >= 0.6 is 0 Å². The fraction of sp³-hybridized carbons (Fsp3) is 0.333. The van der Waals surface area contributed by atoms with Gasteiger partial charge in [0.05, 0.1) is 10.6 Å². The maximum Gasteiger partial charge on any atom is 0.264 e. The van der Waals surface area contributed by atoms with E-state index >= 15 is 0 Å². The molecule has 0 spiro atoms. The van der Waals surface area contributed by atoms with Crippen LogP contribution in [-0.2, 0) is 26.2 Å². The first kappa shape index (κ1) is 29.8. The SMILES string of the molecule is CC(C)NC(=O)[C@H](C)N(Cc1ccccc1F)C(=O)CN(c1ccc(C(C)C)cc1)S(=O)(=O)c1ccccc1. The van der Waals surface area contributed by atoms with Crippen LogP contribution < -0.4 is 9.62 Å². The van der Waals surface area contributed by atoms with Gasteiger partial charge in [-0.25, -0.2) is 12.8 Å². The quantitative estimate of drug-likeness (QED) is 0.359. The van der Waals surface area contributed by atoms with Gasteiger partial charge in [0.15, 0.2) is 0 Å². The third-order valence-electron chi connectivity index (χ3n) is 6.35.